The third-order valence-electron chi connectivity index (χ3n) is 4.75. The SMILES string of the molecule is Cn1ccnc1CN1CCC(C)(c2[nH]ncc2C(N)=O)CC1. The van der Waals surface area contributed by atoms with Gasteiger partial charge in [-0.3, -0.25) is 14.8 Å². The largest absolute Gasteiger partial charge is 0.365 e. The van der Waals surface area contributed by atoms with Crippen LogP contribution in [0.4, 0.5) is 0 Å². The number of aromatic amines is 1. The highest BCUT2D eigenvalue weighted by atomic mass is 16.1. The number of hydrogen-bond acceptors (Lipinski definition) is 4. The van der Waals surface area contributed by atoms with Crippen LogP contribution in [0.3, 0.4) is 0 Å². The van der Waals surface area contributed by atoms with Crippen molar-refractivity contribution in [3.8, 4) is 0 Å². The average Bonchev–Trinajstić information content (AvgIpc) is 3.12. The molecule has 118 valence electrons. The predicted molar refractivity (Wildman–Crippen MR) is 82.2 cm³/mol. The van der Waals surface area contributed by atoms with Crippen LogP contribution >= 0.6 is 0 Å². The van der Waals surface area contributed by atoms with Gasteiger partial charge in [-0.15, -0.1) is 0 Å². The number of primary amides is 1. The van der Waals surface area contributed by atoms with Crippen molar-refractivity contribution in [2.24, 2.45) is 12.8 Å². The number of H-pyrrole nitrogens is 1. The fraction of sp³-hybridized carbons (Fsp3) is 0.533. The number of aryl methyl sites for hydroxylation is 1. The van der Waals surface area contributed by atoms with E-state index in [1.807, 2.05) is 24.0 Å². The lowest BCUT2D eigenvalue weighted by Crippen LogP contribution is -2.42. The highest BCUT2D eigenvalue weighted by molar-refractivity contribution is 5.94. The summed E-state index contributed by atoms with van der Waals surface area (Å²) in [5.41, 5.74) is 6.74. The lowest BCUT2D eigenvalue weighted by Gasteiger charge is -2.39. The summed E-state index contributed by atoms with van der Waals surface area (Å²) in [6.45, 7) is 4.94. The Hall–Kier alpha value is -2.15. The second kappa shape index (κ2) is 5.57. The zero-order valence-electron chi connectivity index (χ0n) is 13.0. The van der Waals surface area contributed by atoms with Crippen molar-refractivity contribution < 1.29 is 4.79 Å². The number of carbonyl (C=O) groups is 1. The Kier molecular flexibility index (Phi) is 3.74. The van der Waals surface area contributed by atoms with Crippen LogP contribution in [0, 0.1) is 0 Å². The van der Waals surface area contributed by atoms with Gasteiger partial charge in [-0.2, -0.15) is 5.10 Å². The molecular formula is C15H22N6O. The number of likely N-dealkylation sites (tertiary alicyclic amines) is 1. The van der Waals surface area contributed by atoms with Crippen LogP contribution in [0.25, 0.3) is 0 Å². The summed E-state index contributed by atoms with van der Waals surface area (Å²) in [7, 11) is 2.01. The molecule has 1 saturated heterocycles. The standard InChI is InChI=1S/C15H22N6O/c1-15(13-11(14(16)22)9-18-19-13)3-6-21(7-4-15)10-12-17-5-8-20(12)2/h5,8-9H,3-4,6-7,10H2,1-2H3,(H2,16,22)(H,18,19). The maximum atomic E-state index is 11.5. The van der Waals surface area contributed by atoms with E-state index in [1.165, 1.54) is 6.20 Å². The third kappa shape index (κ3) is 2.64. The maximum absolute atomic E-state index is 11.5. The van der Waals surface area contributed by atoms with Crippen LogP contribution in [-0.2, 0) is 19.0 Å². The molecule has 2 aromatic heterocycles. The van der Waals surface area contributed by atoms with E-state index in [-0.39, 0.29) is 5.41 Å². The molecule has 0 saturated carbocycles. The normalized spacial score (nSPS) is 18.5. The minimum Gasteiger partial charge on any atom is -0.365 e. The van der Waals surface area contributed by atoms with Crippen LogP contribution < -0.4 is 5.73 Å². The van der Waals surface area contributed by atoms with E-state index < -0.39 is 5.91 Å². The Bertz CT molecular complexity index is 665. The van der Waals surface area contributed by atoms with E-state index in [9.17, 15) is 4.79 Å². The highest BCUT2D eigenvalue weighted by Gasteiger charge is 2.36. The van der Waals surface area contributed by atoms with Crippen molar-refractivity contribution in [2.45, 2.75) is 31.7 Å². The molecule has 0 radical (unpaired) electrons. The van der Waals surface area contributed by atoms with Crippen LogP contribution in [-0.4, -0.2) is 43.6 Å². The van der Waals surface area contributed by atoms with Crippen LogP contribution in [0.2, 0.25) is 0 Å². The smallest absolute Gasteiger partial charge is 0.252 e. The Morgan fingerprint density at radius 1 is 1.45 bits per heavy atom. The van der Waals surface area contributed by atoms with E-state index in [0.29, 0.717) is 5.56 Å². The van der Waals surface area contributed by atoms with Crippen LogP contribution in [0.15, 0.2) is 18.6 Å². The van der Waals surface area contributed by atoms with Gasteiger partial charge in [-0.05, 0) is 25.9 Å². The van der Waals surface area contributed by atoms with Crippen molar-refractivity contribution >= 4 is 5.91 Å². The number of nitrogens with one attached hydrogen (secondary N) is 1. The second-order valence-electron chi connectivity index (χ2n) is 6.31. The minimum atomic E-state index is -0.416. The number of amides is 1. The molecule has 0 unspecified atom stereocenters. The van der Waals surface area contributed by atoms with E-state index in [1.54, 1.807) is 0 Å². The van der Waals surface area contributed by atoms with Gasteiger partial charge in [0.25, 0.3) is 5.91 Å². The first-order valence-corrected chi connectivity index (χ1v) is 7.52. The summed E-state index contributed by atoms with van der Waals surface area (Å²) in [4.78, 5) is 18.3. The first-order valence-electron chi connectivity index (χ1n) is 7.52. The first kappa shape index (κ1) is 14.8. The van der Waals surface area contributed by atoms with Crippen molar-refractivity contribution in [1.29, 1.82) is 0 Å². The lowest BCUT2D eigenvalue weighted by atomic mass is 9.76. The van der Waals surface area contributed by atoms with E-state index in [0.717, 1.165) is 44.0 Å². The molecule has 22 heavy (non-hydrogen) atoms. The number of hydrogen-bond donors (Lipinski definition) is 2. The number of nitrogens with two attached hydrogens (primary N) is 1. The number of carbonyl (C=O) groups excluding carboxylic acids is 1. The summed E-state index contributed by atoms with van der Waals surface area (Å²) in [5, 5.41) is 6.98. The molecule has 1 amide bonds. The molecule has 0 aliphatic carbocycles. The van der Waals surface area contributed by atoms with Gasteiger partial charge in [0.1, 0.15) is 5.82 Å². The van der Waals surface area contributed by atoms with E-state index in [4.69, 9.17) is 5.73 Å². The molecule has 3 rings (SSSR count). The summed E-state index contributed by atoms with van der Waals surface area (Å²) in [6, 6.07) is 0. The van der Waals surface area contributed by atoms with Gasteiger partial charge in [-0.1, -0.05) is 6.92 Å². The van der Waals surface area contributed by atoms with E-state index >= 15 is 0 Å². The molecule has 1 aliphatic heterocycles. The molecule has 7 nitrogen and oxygen atoms in total. The first-order chi connectivity index (χ1) is 10.5. The molecule has 1 fully saturated rings. The van der Waals surface area contributed by atoms with Gasteiger partial charge < -0.3 is 10.3 Å². The molecule has 0 aromatic carbocycles. The number of nitrogens with zero attached hydrogens (tertiary/aromatic N) is 4. The summed E-state index contributed by atoms with van der Waals surface area (Å²) < 4.78 is 2.05. The van der Waals surface area contributed by atoms with Gasteiger partial charge in [0, 0.05) is 24.9 Å². The monoisotopic (exact) mass is 302 g/mol. The number of imidazole rings is 1. The fourth-order valence-electron chi connectivity index (χ4n) is 3.14. The van der Waals surface area contributed by atoms with Crippen molar-refractivity contribution in [1.82, 2.24) is 24.6 Å². The molecule has 3 N–H and O–H groups in total. The van der Waals surface area contributed by atoms with Gasteiger partial charge in [0.05, 0.1) is 24.0 Å². The van der Waals surface area contributed by atoms with Gasteiger partial charge >= 0.3 is 0 Å². The second-order valence-corrected chi connectivity index (χ2v) is 6.31. The molecular weight excluding hydrogens is 280 g/mol. The Morgan fingerprint density at radius 3 is 2.77 bits per heavy atom. The molecule has 7 heteroatoms. The average molecular weight is 302 g/mol. The third-order valence-corrected chi connectivity index (χ3v) is 4.75. The van der Waals surface area contributed by atoms with Gasteiger partial charge in [0.2, 0.25) is 0 Å². The fourth-order valence-corrected chi connectivity index (χ4v) is 3.14. The Labute approximate surface area is 129 Å². The van der Waals surface area contributed by atoms with Crippen molar-refractivity contribution in [3.05, 3.63) is 35.7 Å². The maximum Gasteiger partial charge on any atom is 0.252 e. The number of rotatable bonds is 4. The highest BCUT2D eigenvalue weighted by Crippen LogP contribution is 2.35. The quantitative estimate of drug-likeness (QED) is 0.873. The summed E-state index contributed by atoms with van der Waals surface area (Å²) in [6.07, 6.45) is 7.24. The molecule has 3 heterocycles. The predicted octanol–water partition coefficient (Wildman–Crippen LogP) is 0.796. The van der Waals surface area contributed by atoms with Gasteiger partial charge in [0.15, 0.2) is 0 Å². The van der Waals surface area contributed by atoms with Crippen molar-refractivity contribution in [3.63, 3.8) is 0 Å². The van der Waals surface area contributed by atoms with Crippen LogP contribution in [0.5, 0.6) is 0 Å². The topological polar surface area (TPSA) is 92.8 Å². The molecule has 0 atom stereocenters. The Balaban J connectivity index is 1.69. The number of aromatic nitrogens is 4. The summed E-state index contributed by atoms with van der Waals surface area (Å²) in [5.74, 6) is 0.656. The van der Waals surface area contributed by atoms with E-state index in [2.05, 4.69) is 27.0 Å². The zero-order chi connectivity index (χ0) is 15.7. The molecule has 1 aliphatic rings. The molecule has 2 aromatic rings. The molecule has 0 spiro atoms. The lowest BCUT2D eigenvalue weighted by molar-refractivity contribution is 0.0994. The number of piperidine rings is 1. The zero-order valence-corrected chi connectivity index (χ0v) is 13.0. The summed E-state index contributed by atoms with van der Waals surface area (Å²) >= 11 is 0. The van der Waals surface area contributed by atoms with Crippen molar-refractivity contribution in [2.75, 3.05) is 13.1 Å². The van der Waals surface area contributed by atoms with Gasteiger partial charge in [-0.25, -0.2) is 4.98 Å². The van der Waals surface area contributed by atoms with Crippen LogP contribution in [0.1, 0.15) is 41.6 Å². The molecule has 0 bridgehead atoms. The Morgan fingerprint density at radius 2 is 2.18 bits per heavy atom. The minimum absolute atomic E-state index is 0.0843.